The van der Waals surface area contributed by atoms with E-state index in [1.54, 1.807) is 0 Å². The smallest absolute Gasteiger partial charge is 0.246 e. The summed E-state index contributed by atoms with van der Waals surface area (Å²) in [6.45, 7) is 7.92. The molecule has 0 spiro atoms. The molecule has 14 heteroatoms. The van der Waals surface area contributed by atoms with Gasteiger partial charge < -0.3 is 60.0 Å². The van der Waals surface area contributed by atoms with Gasteiger partial charge in [0.15, 0.2) is 0 Å². The first-order chi connectivity index (χ1) is 35.5. The fourth-order valence-electron chi connectivity index (χ4n) is 7.94. The predicted molar refractivity (Wildman–Crippen MR) is 281 cm³/mol. The van der Waals surface area contributed by atoms with Crippen molar-refractivity contribution in [3.05, 3.63) is 143 Å². The summed E-state index contributed by atoms with van der Waals surface area (Å²) in [6, 6.07) is 37.3. The lowest BCUT2D eigenvalue weighted by atomic mass is 9.87. The van der Waals surface area contributed by atoms with Crippen LogP contribution < -0.4 is 22.1 Å². The summed E-state index contributed by atoms with van der Waals surface area (Å²) in [5.74, 6) is 13.2. The molecule has 0 aromatic heterocycles. The van der Waals surface area contributed by atoms with E-state index in [9.17, 15) is 9.59 Å². The van der Waals surface area contributed by atoms with Crippen LogP contribution in [0.2, 0.25) is 0 Å². The molecule has 0 saturated carbocycles. The fraction of sp³-hybridized carbons (Fsp3) is 0.345. The molecule has 6 N–H and O–H groups in total. The molecule has 0 fully saturated rings. The summed E-state index contributed by atoms with van der Waals surface area (Å²) >= 11 is 0. The Bertz CT molecular complexity index is 2700. The Hall–Kier alpha value is -6.50. The number of ether oxygens (including phenoxy) is 8. The molecule has 376 valence electrons. The lowest BCUT2D eigenvalue weighted by molar-refractivity contribution is -0.127. The molecule has 7 rings (SSSR count). The van der Waals surface area contributed by atoms with Crippen molar-refractivity contribution in [2.75, 3.05) is 119 Å². The van der Waals surface area contributed by atoms with E-state index in [1.807, 2.05) is 48.5 Å². The van der Waals surface area contributed by atoms with Crippen LogP contribution in [0.15, 0.2) is 109 Å². The van der Waals surface area contributed by atoms with E-state index in [2.05, 4.69) is 95.0 Å². The lowest BCUT2D eigenvalue weighted by Gasteiger charge is -2.15. The summed E-state index contributed by atoms with van der Waals surface area (Å²) in [5, 5.41) is 15.1. The van der Waals surface area contributed by atoms with E-state index < -0.39 is 0 Å². The maximum absolute atomic E-state index is 12.4. The van der Waals surface area contributed by atoms with Gasteiger partial charge in [0.25, 0.3) is 0 Å². The zero-order valence-corrected chi connectivity index (χ0v) is 40.8. The molecular formula is C58H64N4O10. The quantitative estimate of drug-likeness (QED) is 0.0184. The topological polar surface area (TPSA) is 184 Å². The van der Waals surface area contributed by atoms with Crippen LogP contribution in [0.5, 0.6) is 0 Å². The number of amides is 2. The maximum Gasteiger partial charge on any atom is 0.246 e. The van der Waals surface area contributed by atoms with E-state index in [1.165, 1.54) is 32.3 Å². The highest BCUT2D eigenvalue weighted by molar-refractivity contribution is 6.33. The third-order valence-corrected chi connectivity index (χ3v) is 11.5. The summed E-state index contributed by atoms with van der Waals surface area (Å²) in [4.78, 5) is 24.7. The minimum absolute atomic E-state index is 0.0432. The first-order valence-electron chi connectivity index (χ1n) is 24.4. The van der Waals surface area contributed by atoms with E-state index in [0.717, 1.165) is 44.2 Å². The zero-order valence-electron chi connectivity index (χ0n) is 40.8. The average molecular weight is 977 g/mol. The van der Waals surface area contributed by atoms with Gasteiger partial charge in [-0.05, 0) is 90.6 Å². The Morgan fingerprint density at radius 1 is 0.361 bits per heavy atom. The molecule has 0 radical (unpaired) electrons. The first kappa shape index (κ1) is 53.3. The number of hydrogen-bond donors (Lipinski definition) is 4. The first-order valence-corrected chi connectivity index (χ1v) is 24.4. The SMILES string of the molecule is NCCOCCOCCOCCOCC(=O)NCc1ccc(C#Cc2ccc3c4ccc(C#Cc5ccc(CNC(=O)COCCOCCOCCOCCN)cc5)c5cccc(c6cccc2c63)c54)cc1. The number of benzene rings is 7. The van der Waals surface area contributed by atoms with Gasteiger partial charge in [-0.25, -0.2) is 0 Å². The van der Waals surface area contributed by atoms with Gasteiger partial charge in [0, 0.05) is 48.4 Å². The van der Waals surface area contributed by atoms with Crippen LogP contribution >= 0.6 is 0 Å². The molecule has 0 aliphatic heterocycles. The molecule has 0 heterocycles. The van der Waals surface area contributed by atoms with Crippen LogP contribution in [-0.2, 0) is 60.6 Å². The molecule has 7 aromatic carbocycles. The van der Waals surface area contributed by atoms with E-state index >= 15 is 0 Å². The van der Waals surface area contributed by atoms with E-state index in [-0.39, 0.29) is 25.0 Å². The van der Waals surface area contributed by atoms with E-state index in [4.69, 9.17) is 49.4 Å². The van der Waals surface area contributed by atoms with Crippen molar-refractivity contribution in [3.8, 4) is 23.7 Å². The Labute approximate surface area is 421 Å². The number of fused-ring (bicyclic) bond motifs is 2. The normalized spacial score (nSPS) is 11.2. The Morgan fingerprint density at radius 3 is 1.04 bits per heavy atom. The van der Waals surface area contributed by atoms with Gasteiger partial charge in [0.1, 0.15) is 13.2 Å². The molecule has 0 unspecified atom stereocenters. The van der Waals surface area contributed by atoms with Crippen LogP contribution in [0.25, 0.3) is 43.1 Å². The second-order valence-electron chi connectivity index (χ2n) is 16.6. The summed E-state index contributed by atoms with van der Waals surface area (Å²) < 4.78 is 43.2. The van der Waals surface area contributed by atoms with Gasteiger partial charge in [-0.2, -0.15) is 0 Å². The highest BCUT2D eigenvalue weighted by Crippen LogP contribution is 2.41. The molecule has 2 amide bonds. The summed E-state index contributed by atoms with van der Waals surface area (Å²) in [5.41, 5.74) is 16.3. The van der Waals surface area contributed by atoms with Crippen molar-refractivity contribution in [1.82, 2.24) is 10.6 Å². The number of carbonyl (C=O) groups is 2. The molecule has 0 aliphatic carbocycles. The van der Waals surface area contributed by atoms with Crippen LogP contribution in [0.4, 0.5) is 0 Å². The second-order valence-corrected chi connectivity index (χ2v) is 16.6. The van der Waals surface area contributed by atoms with Gasteiger partial charge in [-0.1, -0.05) is 96.5 Å². The number of nitrogens with one attached hydrogen (secondary N) is 2. The van der Waals surface area contributed by atoms with Crippen LogP contribution in [0, 0.1) is 23.7 Å². The van der Waals surface area contributed by atoms with Crippen molar-refractivity contribution >= 4 is 54.9 Å². The molecule has 0 saturated heterocycles. The number of rotatable bonds is 30. The van der Waals surface area contributed by atoms with Gasteiger partial charge in [-0.3, -0.25) is 9.59 Å². The lowest BCUT2D eigenvalue weighted by Crippen LogP contribution is -2.27. The van der Waals surface area contributed by atoms with Crippen molar-refractivity contribution in [2.45, 2.75) is 13.1 Å². The van der Waals surface area contributed by atoms with Gasteiger partial charge in [-0.15, -0.1) is 0 Å². The largest absolute Gasteiger partial charge is 0.378 e. The number of hydrogen-bond acceptors (Lipinski definition) is 12. The van der Waals surface area contributed by atoms with Crippen molar-refractivity contribution in [2.24, 2.45) is 11.5 Å². The number of nitrogens with two attached hydrogens (primary N) is 2. The minimum atomic E-state index is -0.197. The van der Waals surface area contributed by atoms with Crippen LogP contribution in [0.1, 0.15) is 33.4 Å². The summed E-state index contributed by atoms with van der Waals surface area (Å²) in [6.07, 6.45) is 0. The zero-order chi connectivity index (χ0) is 50.0. The number of carbonyl (C=O) groups excluding carboxylic acids is 2. The molecule has 14 nitrogen and oxygen atoms in total. The highest BCUT2D eigenvalue weighted by atomic mass is 16.6. The maximum atomic E-state index is 12.4. The van der Waals surface area contributed by atoms with Gasteiger partial charge >= 0.3 is 0 Å². The Balaban J connectivity index is 0.887. The minimum Gasteiger partial charge on any atom is -0.378 e. The monoisotopic (exact) mass is 976 g/mol. The molecule has 7 aromatic rings. The second kappa shape index (κ2) is 29.7. The average Bonchev–Trinajstić information content (AvgIpc) is 3.41. The highest BCUT2D eigenvalue weighted by Gasteiger charge is 2.15. The molecular weight excluding hydrogens is 913 g/mol. The van der Waals surface area contributed by atoms with Gasteiger partial charge in [0.2, 0.25) is 11.8 Å². The van der Waals surface area contributed by atoms with E-state index in [0.29, 0.717) is 119 Å². The third kappa shape index (κ3) is 16.3. The fourth-order valence-corrected chi connectivity index (χ4v) is 7.94. The van der Waals surface area contributed by atoms with Crippen LogP contribution in [-0.4, -0.2) is 131 Å². The summed E-state index contributed by atoms with van der Waals surface area (Å²) in [7, 11) is 0. The van der Waals surface area contributed by atoms with Gasteiger partial charge in [0.05, 0.1) is 92.5 Å². The molecule has 0 aliphatic rings. The molecule has 72 heavy (non-hydrogen) atoms. The van der Waals surface area contributed by atoms with Crippen molar-refractivity contribution < 1.29 is 47.5 Å². The van der Waals surface area contributed by atoms with Crippen molar-refractivity contribution in [1.29, 1.82) is 0 Å². The Kier molecular flexibility index (Phi) is 22.0. The van der Waals surface area contributed by atoms with Crippen LogP contribution in [0.3, 0.4) is 0 Å². The molecule has 0 bridgehead atoms. The Morgan fingerprint density at radius 2 is 0.681 bits per heavy atom. The predicted octanol–water partition coefficient (Wildman–Crippen LogP) is 5.82. The molecule has 0 atom stereocenters. The standard InChI is InChI=1S/C58H64N4O10/c59-23-25-65-27-29-67-31-33-69-35-37-71-41-55(63)61-39-45-11-7-43(8-12-45)15-17-47-19-21-53-54-22-20-48(50-4-2-6-52(58(50)54)51-5-1-3-49(47)57(51)53)18-16-44-9-13-46(14-10-44)40-62-56(64)42-72-38-36-70-34-32-68-30-28-66-26-24-60/h1-14,19-22H,23-42,59-60H2,(H,61,63)(H,62,64). The third-order valence-electron chi connectivity index (χ3n) is 11.5. The van der Waals surface area contributed by atoms with Crippen molar-refractivity contribution in [3.63, 3.8) is 0 Å².